The standard InChI is InChI=1S/C13H8Cl2OS/c14-10-2-3-11(12(15)7-10)13(16)4-1-9-5-6-17-8-9/h1-8H/b4-1+. The molecule has 0 spiro atoms. The number of rotatable bonds is 3. The molecule has 0 saturated heterocycles. The van der Waals surface area contributed by atoms with E-state index in [0.717, 1.165) is 5.56 Å². The number of thiophene rings is 1. The zero-order valence-corrected chi connectivity index (χ0v) is 11.0. The Morgan fingerprint density at radius 2 is 2.06 bits per heavy atom. The van der Waals surface area contributed by atoms with Crippen molar-refractivity contribution in [1.29, 1.82) is 0 Å². The van der Waals surface area contributed by atoms with E-state index in [9.17, 15) is 4.79 Å². The van der Waals surface area contributed by atoms with Gasteiger partial charge in [0.25, 0.3) is 0 Å². The lowest BCUT2D eigenvalue weighted by Crippen LogP contribution is -1.94. The van der Waals surface area contributed by atoms with E-state index in [1.807, 2.05) is 16.8 Å². The van der Waals surface area contributed by atoms with E-state index in [1.165, 1.54) is 6.08 Å². The van der Waals surface area contributed by atoms with E-state index < -0.39 is 0 Å². The monoisotopic (exact) mass is 282 g/mol. The summed E-state index contributed by atoms with van der Waals surface area (Å²) >= 11 is 13.3. The summed E-state index contributed by atoms with van der Waals surface area (Å²) in [5.74, 6) is -0.127. The van der Waals surface area contributed by atoms with Crippen LogP contribution in [-0.4, -0.2) is 5.78 Å². The lowest BCUT2D eigenvalue weighted by molar-refractivity contribution is 0.104. The van der Waals surface area contributed by atoms with Gasteiger partial charge in [-0.2, -0.15) is 11.3 Å². The Morgan fingerprint density at radius 3 is 2.71 bits per heavy atom. The Labute approximate surface area is 113 Å². The van der Waals surface area contributed by atoms with Crippen LogP contribution < -0.4 is 0 Å². The molecule has 0 aliphatic carbocycles. The SMILES string of the molecule is O=C(/C=C/c1ccsc1)c1ccc(Cl)cc1Cl. The van der Waals surface area contributed by atoms with Gasteiger partial charge in [0.1, 0.15) is 0 Å². The second-order valence-electron chi connectivity index (χ2n) is 3.38. The Morgan fingerprint density at radius 1 is 1.24 bits per heavy atom. The summed E-state index contributed by atoms with van der Waals surface area (Å²) in [6.07, 6.45) is 3.28. The summed E-state index contributed by atoms with van der Waals surface area (Å²) in [5.41, 5.74) is 1.47. The van der Waals surface area contributed by atoms with Gasteiger partial charge in [-0.3, -0.25) is 4.79 Å². The Hall–Kier alpha value is -1.09. The molecular formula is C13H8Cl2OS. The summed E-state index contributed by atoms with van der Waals surface area (Å²) in [5, 5.41) is 4.82. The average molecular weight is 283 g/mol. The van der Waals surface area contributed by atoms with Crippen molar-refractivity contribution in [3.63, 3.8) is 0 Å². The van der Waals surface area contributed by atoms with Crippen LogP contribution >= 0.6 is 34.5 Å². The summed E-state index contributed by atoms with van der Waals surface area (Å²) in [6.45, 7) is 0. The number of hydrogen-bond acceptors (Lipinski definition) is 2. The van der Waals surface area contributed by atoms with E-state index in [0.29, 0.717) is 15.6 Å². The first-order valence-electron chi connectivity index (χ1n) is 4.86. The van der Waals surface area contributed by atoms with E-state index in [1.54, 1.807) is 35.6 Å². The van der Waals surface area contributed by atoms with E-state index in [-0.39, 0.29) is 5.78 Å². The Bertz CT molecular complexity index is 559. The van der Waals surface area contributed by atoms with E-state index >= 15 is 0 Å². The van der Waals surface area contributed by atoms with Crippen LogP contribution in [0.3, 0.4) is 0 Å². The normalized spacial score (nSPS) is 10.9. The van der Waals surface area contributed by atoms with Crippen LogP contribution in [0.4, 0.5) is 0 Å². The van der Waals surface area contributed by atoms with Crippen molar-refractivity contribution in [2.45, 2.75) is 0 Å². The molecule has 4 heteroatoms. The topological polar surface area (TPSA) is 17.1 Å². The van der Waals surface area contributed by atoms with Crippen LogP contribution in [0.5, 0.6) is 0 Å². The van der Waals surface area contributed by atoms with E-state index in [4.69, 9.17) is 23.2 Å². The summed E-state index contributed by atoms with van der Waals surface area (Å²) < 4.78 is 0. The Balaban J connectivity index is 2.20. The molecule has 0 aliphatic heterocycles. The number of carbonyl (C=O) groups excluding carboxylic acids is 1. The number of carbonyl (C=O) groups is 1. The molecule has 0 amide bonds. The molecule has 1 heterocycles. The maximum Gasteiger partial charge on any atom is 0.187 e. The van der Waals surface area contributed by atoms with Crippen molar-refractivity contribution in [3.8, 4) is 0 Å². The average Bonchev–Trinajstić information content (AvgIpc) is 2.78. The maximum atomic E-state index is 11.9. The van der Waals surface area contributed by atoms with Crippen LogP contribution in [0.1, 0.15) is 15.9 Å². The van der Waals surface area contributed by atoms with Crippen LogP contribution in [0.15, 0.2) is 41.1 Å². The van der Waals surface area contributed by atoms with Gasteiger partial charge in [0, 0.05) is 10.6 Å². The van der Waals surface area contributed by atoms with E-state index in [2.05, 4.69) is 0 Å². The van der Waals surface area contributed by atoms with Gasteiger partial charge in [0.15, 0.2) is 5.78 Å². The van der Waals surface area contributed by atoms with Gasteiger partial charge >= 0.3 is 0 Å². The highest BCUT2D eigenvalue weighted by Gasteiger charge is 2.07. The molecule has 0 unspecified atom stereocenters. The first kappa shape index (κ1) is 12.4. The first-order valence-corrected chi connectivity index (χ1v) is 6.56. The zero-order chi connectivity index (χ0) is 12.3. The van der Waals surface area contributed by atoms with Gasteiger partial charge in [-0.1, -0.05) is 29.3 Å². The molecule has 0 N–H and O–H groups in total. The second-order valence-corrected chi connectivity index (χ2v) is 5.00. The first-order chi connectivity index (χ1) is 8.16. The molecule has 0 atom stereocenters. The smallest absolute Gasteiger partial charge is 0.187 e. The Kier molecular flexibility index (Phi) is 4.00. The molecule has 0 aliphatic rings. The van der Waals surface area contributed by atoms with Gasteiger partial charge in [-0.05, 0) is 46.7 Å². The third-order valence-corrected chi connectivity index (χ3v) is 3.42. The minimum Gasteiger partial charge on any atom is -0.289 e. The fourth-order valence-corrected chi connectivity index (χ4v) is 2.45. The van der Waals surface area contributed by atoms with Crippen molar-refractivity contribution in [3.05, 3.63) is 62.3 Å². The van der Waals surface area contributed by atoms with Crippen LogP contribution in [-0.2, 0) is 0 Å². The van der Waals surface area contributed by atoms with Gasteiger partial charge in [0.2, 0.25) is 0 Å². The molecule has 86 valence electrons. The maximum absolute atomic E-state index is 11.9. The fraction of sp³-hybridized carbons (Fsp3) is 0. The molecule has 2 rings (SSSR count). The van der Waals surface area contributed by atoms with Gasteiger partial charge < -0.3 is 0 Å². The largest absolute Gasteiger partial charge is 0.289 e. The molecular weight excluding hydrogens is 275 g/mol. The van der Waals surface area contributed by atoms with Gasteiger partial charge in [-0.25, -0.2) is 0 Å². The van der Waals surface area contributed by atoms with Crippen molar-refractivity contribution in [2.75, 3.05) is 0 Å². The van der Waals surface area contributed by atoms with Gasteiger partial charge in [-0.15, -0.1) is 0 Å². The number of hydrogen-bond donors (Lipinski definition) is 0. The molecule has 17 heavy (non-hydrogen) atoms. The fourth-order valence-electron chi connectivity index (χ4n) is 1.32. The lowest BCUT2D eigenvalue weighted by Gasteiger charge is -1.99. The molecule has 2 aromatic rings. The van der Waals surface area contributed by atoms with Crippen molar-refractivity contribution in [2.24, 2.45) is 0 Å². The number of allylic oxidation sites excluding steroid dienone is 1. The third-order valence-electron chi connectivity index (χ3n) is 2.17. The molecule has 0 fully saturated rings. The predicted molar refractivity (Wildman–Crippen MR) is 74.1 cm³/mol. The van der Waals surface area contributed by atoms with Crippen LogP contribution in [0.2, 0.25) is 10.0 Å². The molecule has 1 aromatic heterocycles. The highest BCUT2D eigenvalue weighted by Crippen LogP contribution is 2.22. The number of ketones is 1. The molecule has 1 nitrogen and oxygen atoms in total. The molecule has 0 bridgehead atoms. The lowest BCUT2D eigenvalue weighted by atomic mass is 10.1. The minimum atomic E-state index is -0.127. The molecule has 0 radical (unpaired) electrons. The summed E-state index contributed by atoms with van der Waals surface area (Å²) in [6, 6.07) is 6.79. The predicted octanol–water partition coefficient (Wildman–Crippen LogP) is 4.95. The quantitative estimate of drug-likeness (QED) is 0.575. The minimum absolute atomic E-state index is 0.127. The van der Waals surface area contributed by atoms with Crippen LogP contribution in [0, 0.1) is 0 Å². The van der Waals surface area contributed by atoms with Crippen molar-refractivity contribution >= 4 is 46.4 Å². The third kappa shape index (κ3) is 3.19. The highest BCUT2D eigenvalue weighted by atomic mass is 35.5. The number of benzene rings is 1. The van der Waals surface area contributed by atoms with Crippen LogP contribution in [0.25, 0.3) is 6.08 Å². The second kappa shape index (κ2) is 5.50. The number of halogens is 2. The zero-order valence-electron chi connectivity index (χ0n) is 8.69. The molecule has 0 saturated carbocycles. The molecule has 1 aromatic carbocycles. The highest BCUT2D eigenvalue weighted by molar-refractivity contribution is 7.08. The summed E-state index contributed by atoms with van der Waals surface area (Å²) in [4.78, 5) is 11.9. The van der Waals surface area contributed by atoms with Crippen molar-refractivity contribution < 1.29 is 4.79 Å². The van der Waals surface area contributed by atoms with Crippen molar-refractivity contribution in [1.82, 2.24) is 0 Å². The van der Waals surface area contributed by atoms with Gasteiger partial charge in [0.05, 0.1) is 5.02 Å². The summed E-state index contributed by atoms with van der Waals surface area (Å²) in [7, 11) is 0.